The fraction of sp³-hybridized carbons (Fsp3) is 0.333. The van der Waals surface area contributed by atoms with Crippen LogP contribution in [0.25, 0.3) is 108 Å². The fourth-order valence-electron chi connectivity index (χ4n) is 33.1. The topological polar surface area (TPSA) is 0 Å². The van der Waals surface area contributed by atoms with Crippen molar-refractivity contribution < 1.29 is 0 Å². The molecule has 0 aromatic heterocycles. The van der Waals surface area contributed by atoms with E-state index in [1.807, 2.05) is 203 Å². The first-order valence-corrected chi connectivity index (χ1v) is 30.5. The lowest BCUT2D eigenvalue weighted by Gasteiger charge is -2.65. The normalized spacial score (nSPS) is 46.5. The molecule has 0 nitrogen and oxygen atoms in total. The maximum Gasteiger partial charge on any atom is 0.0645 e. The zero-order chi connectivity index (χ0) is 43.5. The van der Waals surface area contributed by atoms with Crippen LogP contribution in [0.4, 0.5) is 0 Å². The Morgan fingerprint density at radius 1 is 0.315 bits per heavy atom. The van der Waals surface area contributed by atoms with Crippen LogP contribution in [0.15, 0.2) is 29.2 Å². The zero-order valence-electron chi connectivity index (χ0n) is 39.3. The first kappa shape index (κ1) is 29.3. The third-order valence-corrected chi connectivity index (χ3v) is 33.5. The van der Waals surface area contributed by atoms with Gasteiger partial charge in [-0.1, -0.05) is 24.3 Å². The SMILES string of the molecule is Cc1cccc2c3c(cc(C)c12)C12c4c5c6c7c8c9c%10c%11c%12c%13c%14c%15c(c%16c%13c%10c7c4-%16)C1(S3)C1C%15C3c4c7c%10c%13c%15c%16c%17c%18c%19c%20c%21c%22c%23c(c4c4c%22c%19c%16c%104)C3C%14C%12C%23C%21C%11C9C%20C%18C8C6C%17C%15C5C2C%13C71. The largest absolute Gasteiger partial charge is 0.112 e. The summed E-state index contributed by atoms with van der Waals surface area (Å²) in [5, 5.41) is 33.9. The van der Waals surface area contributed by atoms with Crippen LogP contribution >= 0.6 is 11.8 Å². The molecular formula is C72H30S. The number of aryl methyl sites for hydroxylation is 2. The minimum absolute atomic E-state index is 0.0107. The van der Waals surface area contributed by atoms with Crippen LogP contribution in [-0.2, 0) is 10.2 Å². The van der Waals surface area contributed by atoms with Crippen molar-refractivity contribution >= 4 is 109 Å². The molecule has 0 amide bonds. The zero-order valence-corrected chi connectivity index (χ0v) is 40.1. The van der Waals surface area contributed by atoms with Crippen molar-refractivity contribution in [3.8, 4) is 11.1 Å². The third-order valence-electron chi connectivity index (χ3n) is 31.7. The Hall–Kier alpha value is -5.89. The molecule has 12 aromatic carbocycles. The van der Waals surface area contributed by atoms with E-state index in [0.717, 1.165) is 0 Å². The van der Waals surface area contributed by atoms with E-state index in [9.17, 15) is 0 Å². The van der Waals surface area contributed by atoms with Gasteiger partial charge in [0.1, 0.15) is 0 Å². The molecule has 1 saturated carbocycles. The predicted octanol–water partition coefficient (Wildman–Crippen LogP) is 16.3. The molecule has 0 radical (unpaired) electrons. The van der Waals surface area contributed by atoms with Gasteiger partial charge in [-0.05, 0) is 368 Å². The molecule has 73 heavy (non-hydrogen) atoms. The molecule has 0 N–H and O–H groups in total. The molecule has 23 aliphatic rings. The summed E-state index contributed by atoms with van der Waals surface area (Å²) in [4.78, 5) is 1.76. The first-order valence-electron chi connectivity index (χ1n) is 29.7. The van der Waals surface area contributed by atoms with Gasteiger partial charge in [0.05, 0.1) is 4.75 Å². The lowest BCUT2D eigenvalue weighted by Crippen LogP contribution is -2.62. The molecule has 0 bridgehead atoms. The second-order valence-electron chi connectivity index (χ2n) is 30.7. The number of rotatable bonds is 0. The van der Waals surface area contributed by atoms with Crippen molar-refractivity contribution in [2.45, 2.75) is 135 Å². The molecule has 1 heteroatoms. The Labute approximate surface area is 416 Å². The Bertz CT molecular complexity index is 5860. The van der Waals surface area contributed by atoms with Gasteiger partial charge in [0.2, 0.25) is 0 Å². The van der Waals surface area contributed by atoms with Crippen LogP contribution < -0.4 is 0 Å². The second-order valence-corrected chi connectivity index (χ2v) is 31.9. The van der Waals surface area contributed by atoms with Crippen LogP contribution in [0, 0.1) is 25.7 Å². The van der Waals surface area contributed by atoms with E-state index < -0.39 is 0 Å². The maximum absolute atomic E-state index is 2.97. The van der Waals surface area contributed by atoms with Crippen molar-refractivity contribution in [3.63, 3.8) is 0 Å². The van der Waals surface area contributed by atoms with Gasteiger partial charge in [-0.25, -0.2) is 0 Å². The molecule has 1 fully saturated rings. The highest BCUT2D eigenvalue weighted by Crippen LogP contribution is 3.01. The number of hydrogen-bond acceptors (Lipinski definition) is 1. The van der Waals surface area contributed by atoms with Gasteiger partial charge in [0.15, 0.2) is 0 Å². The third kappa shape index (κ3) is 1.63. The lowest BCUT2D eigenvalue weighted by molar-refractivity contribution is 0.0342. The van der Waals surface area contributed by atoms with Crippen LogP contribution in [0.5, 0.6) is 0 Å². The number of thioether (sulfide) groups is 1. The average Bonchev–Trinajstić information content (AvgIpc) is 4.38. The van der Waals surface area contributed by atoms with Crippen molar-refractivity contribution in [1.82, 2.24) is 0 Å². The molecular weight excluding hydrogens is 897 g/mol. The highest BCUT2D eigenvalue weighted by atomic mass is 32.2. The Balaban J connectivity index is 0.996. The monoisotopic (exact) mass is 926 g/mol. The van der Waals surface area contributed by atoms with Gasteiger partial charge in [0.25, 0.3) is 0 Å². The van der Waals surface area contributed by atoms with Crippen LogP contribution in [0.2, 0.25) is 0 Å². The van der Waals surface area contributed by atoms with Crippen molar-refractivity contribution in [2.24, 2.45) is 11.8 Å². The van der Waals surface area contributed by atoms with Crippen molar-refractivity contribution in [2.75, 3.05) is 0 Å². The van der Waals surface area contributed by atoms with Crippen LogP contribution in [-0.4, -0.2) is 0 Å². The number of benzene rings is 11. The number of hydrogen-bond donors (Lipinski definition) is 0. The minimum Gasteiger partial charge on any atom is -0.112 e. The highest BCUT2D eigenvalue weighted by Gasteiger charge is 2.89. The summed E-state index contributed by atoms with van der Waals surface area (Å²) < 4.78 is 0.0212. The molecule has 1 aliphatic heterocycles. The van der Waals surface area contributed by atoms with E-state index in [1.54, 1.807) is 21.2 Å². The quantitative estimate of drug-likeness (QED) is 0.137. The van der Waals surface area contributed by atoms with Crippen LogP contribution in [0.1, 0.15) is 234 Å². The van der Waals surface area contributed by atoms with Gasteiger partial charge in [-0.2, -0.15) is 0 Å². The summed E-state index contributed by atoms with van der Waals surface area (Å²) in [6.45, 7) is 5.01. The standard InChI is InChI=1S/C72H30S/c1-7-4-3-5-9-11(7)8(2)6-10-70(9)73-72-68-62-56-46-34-26-18-14-12-13-16-20(18)28(34)38-32-24(16)25-17(13)21-19-15(12)23-22(14)30-36(26)44-50-40(30)41-31(23)37-27(19)35-29(21)39-33(25)43-42(32)54(48(38)56)64(68)65-55(43)49(39)57-47(35)53-45(37)51(41)59-58(50)66(60(62)52(44)46)71(10,72)67(59)61(53)63(57)69(65)72/h3-6,14,16,18,20,22,24,30,32,40-43,51,55,59,61,63,65,67,69H,1-2H3. The van der Waals surface area contributed by atoms with Crippen LogP contribution in [0.3, 0.4) is 0 Å². The summed E-state index contributed by atoms with van der Waals surface area (Å²) in [6.07, 6.45) is 0. The Kier molecular flexibility index (Phi) is 2.72. The molecule has 22 aliphatic carbocycles. The lowest BCUT2D eigenvalue weighted by atomic mass is 9.39. The van der Waals surface area contributed by atoms with E-state index in [1.165, 1.54) is 5.56 Å². The summed E-state index contributed by atoms with van der Waals surface area (Å²) in [5.74, 6) is 13.1. The highest BCUT2D eigenvalue weighted by molar-refractivity contribution is 8.01. The van der Waals surface area contributed by atoms with Gasteiger partial charge in [0, 0.05) is 10.3 Å². The summed E-state index contributed by atoms with van der Waals surface area (Å²) in [6, 6.07) is 10.5. The average molecular weight is 927 g/mol. The van der Waals surface area contributed by atoms with Crippen molar-refractivity contribution in [3.05, 3.63) is 152 Å². The predicted molar refractivity (Wildman–Crippen MR) is 284 cm³/mol. The molecule has 35 rings (SSSR count). The summed E-state index contributed by atoms with van der Waals surface area (Å²) in [5.41, 5.74) is 49.4. The number of fused-ring (bicyclic) bond motifs is 3. The summed E-state index contributed by atoms with van der Waals surface area (Å²) >= 11 is 2.61. The molecule has 1 heterocycles. The maximum atomic E-state index is 2.97. The van der Waals surface area contributed by atoms with Gasteiger partial charge < -0.3 is 0 Å². The van der Waals surface area contributed by atoms with Crippen molar-refractivity contribution in [1.29, 1.82) is 0 Å². The molecule has 2 spiro atoms. The van der Waals surface area contributed by atoms with Gasteiger partial charge in [-0.15, -0.1) is 11.8 Å². The molecule has 324 valence electrons. The van der Waals surface area contributed by atoms with E-state index in [-0.39, 0.29) is 10.2 Å². The van der Waals surface area contributed by atoms with E-state index in [4.69, 9.17) is 0 Å². The van der Waals surface area contributed by atoms with E-state index in [2.05, 4.69) is 61.0 Å². The Morgan fingerprint density at radius 3 is 1.14 bits per heavy atom. The smallest absolute Gasteiger partial charge is 0.0645 e. The first-order chi connectivity index (χ1) is 36.2. The van der Waals surface area contributed by atoms with E-state index in [0.29, 0.717) is 118 Å². The molecule has 22 atom stereocenters. The summed E-state index contributed by atoms with van der Waals surface area (Å²) in [7, 11) is 0. The Morgan fingerprint density at radius 2 is 0.658 bits per heavy atom. The molecule has 22 unspecified atom stereocenters. The van der Waals surface area contributed by atoms with Gasteiger partial charge >= 0.3 is 0 Å². The fourth-order valence-corrected chi connectivity index (χ4v) is 35.3. The second kappa shape index (κ2) is 6.79. The van der Waals surface area contributed by atoms with E-state index >= 15 is 0 Å². The molecule has 12 aromatic rings. The molecule has 0 saturated heterocycles. The van der Waals surface area contributed by atoms with Gasteiger partial charge in [-0.3, -0.25) is 0 Å². The minimum atomic E-state index is -0.0107.